The first-order chi connectivity index (χ1) is 6.31. The van der Waals surface area contributed by atoms with E-state index in [1.807, 2.05) is 0 Å². The summed E-state index contributed by atoms with van der Waals surface area (Å²) in [6, 6.07) is 0. The SMILES string of the molecule is C[C@@H]1O[C@H](CCP(=O)(O)O)[C@H](O)C1O. The predicted octanol–water partition coefficient (Wildman–Crippen LogP) is -0.937. The van der Waals surface area contributed by atoms with Crippen molar-refractivity contribution in [3.05, 3.63) is 0 Å². The third-order valence-corrected chi connectivity index (χ3v) is 3.15. The van der Waals surface area contributed by atoms with Gasteiger partial charge in [-0.1, -0.05) is 0 Å². The van der Waals surface area contributed by atoms with Crippen LogP contribution in [0.3, 0.4) is 0 Å². The lowest BCUT2D eigenvalue weighted by Crippen LogP contribution is -2.31. The summed E-state index contributed by atoms with van der Waals surface area (Å²) >= 11 is 0. The molecule has 14 heavy (non-hydrogen) atoms. The Morgan fingerprint density at radius 2 is 1.86 bits per heavy atom. The molecule has 0 aliphatic carbocycles. The highest BCUT2D eigenvalue weighted by atomic mass is 31.2. The highest BCUT2D eigenvalue weighted by Crippen LogP contribution is 2.37. The average molecular weight is 226 g/mol. The van der Waals surface area contributed by atoms with E-state index in [-0.39, 0.29) is 12.6 Å². The van der Waals surface area contributed by atoms with Gasteiger partial charge in [0.2, 0.25) is 0 Å². The van der Waals surface area contributed by atoms with Crippen LogP contribution in [0.4, 0.5) is 0 Å². The van der Waals surface area contributed by atoms with E-state index in [1.165, 1.54) is 0 Å². The fourth-order valence-electron chi connectivity index (χ4n) is 1.47. The molecule has 4 atom stereocenters. The van der Waals surface area contributed by atoms with Crippen LogP contribution in [0.15, 0.2) is 0 Å². The van der Waals surface area contributed by atoms with Gasteiger partial charge in [0.05, 0.1) is 18.4 Å². The third-order valence-electron chi connectivity index (χ3n) is 2.31. The lowest BCUT2D eigenvalue weighted by molar-refractivity contribution is 0.0143. The molecule has 6 nitrogen and oxygen atoms in total. The molecule has 1 fully saturated rings. The number of rotatable bonds is 3. The zero-order chi connectivity index (χ0) is 10.9. The van der Waals surface area contributed by atoms with Gasteiger partial charge >= 0.3 is 7.60 Å². The Kier molecular flexibility index (Phi) is 3.69. The number of aliphatic hydroxyl groups is 2. The standard InChI is InChI=1S/C7H15O6P/c1-4-6(8)7(9)5(13-4)2-3-14(10,11)12/h4-9H,2-3H2,1H3,(H2,10,11,12)/t4-,5+,6?,7-/m0/s1. The van der Waals surface area contributed by atoms with Crippen molar-refractivity contribution in [2.45, 2.75) is 37.8 Å². The van der Waals surface area contributed by atoms with Gasteiger partial charge < -0.3 is 24.7 Å². The van der Waals surface area contributed by atoms with Crippen LogP contribution in [0.1, 0.15) is 13.3 Å². The van der Waals surface area contributed by atoms with Crippen molar-refractivity contribution in [3.63, 3.8) is 0 Å². The van der Waals surface area contributed by atoms with Crippen molar-refractivity contribution in [1.82, 2.24) is 0 Å². The van der Waals surface area contributed by atoms with Crippen molar-refractivity contribution >= 4 is 7.60 Å². The molecule has 0 spiro atoms. The second-order valence-electron chi connectivity index (χ2n) is 3.54. The third kappa shape index (κ3) is 3.02. The normalized spacial score (nSPS) is 38.9. The summed E-state index contributed by atoms with van der Waals surface area (Å²) in [7, 11) is -4.06. The van der Waals surface area contributed by atoms with E-state index >= 15 is 0 Å². The smallest absolute Gasteiger partial charge is 0.325 e. The van der Waals surface area contributed by atoms with Gasteiger partial charge in [-0.3, -0.25) is 4.57 Å². The molecule has 1 saturated heterocycles. The maximum atomic E-state index is 10.6. The molecule has 0 amide bonds. The molecule has 0 radical (unpaired) electrons. The largest absolute Gasteiger partial charge is 0.388 e. The summed E-state index contributed by atoms with van der Waals surface area (Å²) in [5.74, 6) is 0. The number of aliphatic hydroxyl groups excluding tert-OH is 2. The van der Waals surface area contributed by atoms with E-state index in [4.69, 9.17) is 14.5 Å². The molecule has 4 N–H and O–H groups in total. The molecule has 0 aromatic rings. The molecule has 7 heteroatoms. The van der Waals surface area contributed by atoms with Gasteiger partial charge in [-0.05, 0) is 13.3 Å². The minimum atomic E-state index is -4.06. The molecule has 0 aromatic carbocycles. The van der Waals surface area contributed by atoms with E-state index < -0.39 is 32.0 Å². The second-order valence-corrected chi connectivity index (χ2v) is 5.31. The summed E-state index contributed by atoms with van der Waals surface area (Å²) in [5, 5.41) is 18.7. The number of hydrogen-bond acceptors (Lipinski definition) is 4. The second kappa shape index (κ2) is 4.26. The topological polar surface area (TPSA) is 107 Å². The lowest BCUT2D eigenvalue weighted by atomic mass is 10.1. The van der Waals surface area contributed by atoms with Gasteiger partial charge in [0.1, 0.15) is 12.2 Å². The summed E-state index contributed by atoms with van der Waals surface area (Å²) in [6.07, 6.45) is -3.51. The Morgan fingerprint density at radius 1 is 1.29 bits per heavy atom. The van der Waals surface area contributed by atoms with Gasteiger partial charge in [-0.2, -0.15) is 0 Å². The molecule has 0 bridgehead atoms. The van der Waals surface area contributed by atoms with Crippen molar-refractivity contribution in [2.24, 2.45) is 0 Å². The fraction of sp³-hybridized carbons (Fsp3) is 1.00. The van der Waals surface area contributed by atoms with E-state index in [1.54, 1.807) is 6.92 Å². The molecule has 1 aliphatic rings. The van der Waals surface area contributed by atoms with E-state index in [0.717, 1.165) is 0 Å². The first kappa shape index (κ1) is 12.1. The first-order valence-electron chi connectivity index (χ1n) is 4.37. The Morgan fingerprint density at radius 3 is 2.21 bits per heavy atom. The minimum absolute atomic E-state index is 0.0485. The van der Waals surface area contributed by atoms with Crippen LogP contribution in [-0.2, 0) is 9.30 Å². The van der Waals surface area contributed by atoms with Gasteiger partial charge in [0.15, 0.2) is 0 Å². The molecule has 1 unspecified atom stereocenters. The highest BCUT2D eigenvalue weighted by Gasteiger charge is 2.40. The van der Waals surface area contributed by atoms with Crippen molar-refractivity contribution in [1.29, 1.82) is 0 Å². The first-order valence-corrected chi connectivity index (χ1v) is 6.17. The zero-order valence-corrected chi connectivity index (χ0v) is 8.67. The number of ether oxygens (including phenoxy) is 1. The minimum Gasteiger partial charge on any atom is -0.388 e. The number of hydrogen-bond donors (Lipinski definition) is 4. The van der Waals surface area contributed by atoms with Crippen LogP contribution in [0.2, 0.25) is 0 Å². The molecule has 0 saturated carbocycles. The van der Waals surface area contributed by atoms with Crippen LogP contribution in [0.5, 0.6) is 0 Å². The van der Waals surface area contributed by atoms with Crippen LogP contribution >= 0.6 is 7.60 Å². The van der Waals surface area contributed by atoms with Gasteiger partial charge in [-0.25, -0.2) is 0 Å². The Hall–Kier alpha value is 0.0300. The maximum absolute atomic E-state index is 10.6. The summed E-state index contributed by atoms with van der Waals surface area (Å²) < 4.78 is 15.7. The Balaban J connectivity index is 2.44. The Bertz CT molecular complexity index is 238. The Labute approximate surface area is 81.7 Å². The molecular weight excluding hydrogens is 211 g/mol. The summed E-state index contributed by atoms with van der Waals surface area (Å²) in [5.41, 5.74) is 0. The van der Waals surface area contributed by atoms with Crippen molar-refractivity contribution < 1.29 is 29.3 Å². The van der Waals surface area contributed by atoms with Gasteiger partial charge in [0, 0.05) is 0 Å². The van der Waals surface area contributed by atoms with Crippen LogP contribution in [0.25, 0.3) is 0 Å². The van der Waals surface area contributed by atoms with E-state index in [2.05, 4.69) is 0 Å². The monoisotopic (exact) mass is 226 g/mol. The van der Waals surface area contributed by atoms with Crippen LogP contribution in [0, 0.1) is 0 Å². The van der Waals surface area contributed by atoms with Crippen LogP contribution in [-0.4, -0.2) is 50.6 Å². The molecule has 84 valence electrons. The maximum Gasteiger partial charge on any atom is 0.325 e. The van der Waals surface area contributed by atoms with Crippen molar-refractivity contribution in [3.8, 4) is 0 Å². The fourth-order valence-corrected chi connectivity index (χ4v) is 2.06. The summed E-state index contributed by atoms with van der Waals surface area (Å²) in [4.78, 5) is 17.2. The predicted molar refractivity (Wildman–Crippen MR) is 47.9 cm³/mol. The quantitative estimate of drug-likeness (QED) is 0.463. The zero-order valence-electron chi connectivity index (χ0n) is 7.78. The molecule has 1 aliphatic heterocycles. The van der Waals surface area contributed by atoms with Gasteiger partial charge in [-0.15, -0.1) is 0 Å². The average Bonchev–Trinajstić information content (AvgIpc) is 2.28. The van der Waals surface area contributed by atoms with E-state index in [9.17, 15) is 14.8 Å². The molecule has 0 aromatic heterocycles. The highest BCUT2D eigenvalue weighted by molar-refractivity contribution is 7.51. The lowest BCUT2D eigenvalue weighted by Gasteiger charge is -2.14. The van der Waals surface area contributed by atoms with Crippen LogP contribution < -0.4 is 0 Å². The van der Waals surface area contributed by atoms with Crippen molar-refractivity contribution in [2.75, 3.05) is 6.16 Å². The van der Waals surface area contributed by atoms with E-state index in [0.29, 0.717) is 0 Å². The summed E-state index contributed by atoms with van der Waals surface area (Å²) in [6.45, 7) is 1.60. The van der Waals surface area contributed by atoms with Gasteiger partial charge in [0.25, 0.3) is 0 Å². The molecule has 1 heterocycles. The molecule has 1 rings (SSSR count). The molecular formula is C7H15O6P.